The van der Waals surface area contributed by atoms with Crippen LogP contribution in [-0.4, -0.2) is 22.3 Å². The van der Waals surface area contributed by atoms with Crippen LogP contribution >= 0.6 is 0 Å². The van der Waals surface area contributed by atoms with Crippen LogP contribution in [0.1, 0.15) is 33.3 Å². The van der Waals surface area contributed by atoms with Gasteiger partial charge in [0, 0.05) is 12.3 Å². The van der Waals surface area contributed by atoms with Crippen molar-refractivity contribution in [3.05, 3.63) is 35.9 Å². The van der Waals surface area contributed by atoms with E-state index in [1.54, 1.807) is 6.92 Å². The van der Waals surface area contributed by atoms with E-state index in [-0.39, 0.29) is 11.3 Å². The highest BCUT2D eigenvalue weighted by atomic mass is 17.1. The van der Waals surface area contributed by atoms with E-state index in [4.69, 9.17) is 10.4 Å². The number of carboxylic acid groups (broad SMARTS) is 1. The molecule has 1 rings (SSSR count). The molecule has 106 valence electrons. The molecule has 1 aromatic rings. The standard InChI is InChI=1S/C12H16O2.C2H4O3/c1-9(11(13)14)12(2,3)10-7-5-4-6-8-10;1-2(3)5-4/h4-9H,1-3H3,(H,13,14);4H,1H3. The Bertz CT molecular complexity index is 411. The Morgan fingerprint density at radius 3 is 1.95 bits per heavy atom. The van der Waals surface area contributed by atoms with Crippen LogP contribution in [0.15, 0.2) is 30.3 Å². The first kappa shape index (κ1) is 17.1. The van der Waals surface area contributed by atoms with Gasteiger partial charge in [-0.25, -0.2) is 4.79 Å². The minimum Gasteiger partial charge on any atom is -0.481 e. The van der Waals surface area contributed by atoms with E-state index in [0.717, 1.165) is 12.5 Å². The van der Waals surface area contributed by atoms with Crippen molar-refractivity contribution in [3.8, 4) is 0 Å². The first-order valence-corrected chi connectivity index (χ1v) is 5.83. The summed E-state index contributed by atoms with van der Waals surface area (Å²) in [6.45, 7) is 6.78. The van der Waals surface area contributed by atoms with Gasteiger partial charge in [-0.1, -0.05) is 51.1 Å². The molecular weight excluding hydrogens is 248 g/mol. The van der Waals surface area contributed by atoms with Gasteiger partial charge >= 0.3 is 11.9 Å². The molecule has 0 saturated heterocycles. The van der Waals surface area contributed by atoms with Crippen molar-refractivity contribution in [2.45, 2.75) is 33.1 Å². The molecule has 0 aliphatic carbocycles. The number of rotatable bonds is 3. The maximum absolute atomic E-state index is 10.9. The van der Waals surface area contributed by atoms with Crippen molar-refractivity contribution in [3.63, 3.8) is 0 Å². The van der Waals surface area contributed by atoms with Crippen LogP contribution in [0.3, 0.4) is 0 Å². The van der Waals surface area contributed by atoms with Crippen molar-refractivity contribution in [2.75, 3.05) is 0 Å². The van der Waals surface area contributed by atoms with Gasteiger partial charge in [-0.2, -0.15) is 5.26 Å². The van der Waals surface area contributed by atoms with Crippen LogP contribution in [-0.2, 0) is 19.9 Å². The maximum Gasteiger partial charge on any atom is 0.339 e. The van der Waals surface area contributed by atoms with Crippen LogP contribution in [0.5, 0.6) is 0 Å². The minimum absolute atomic E-state index is 0.326. The van der Waals surface area contributed by atoms with Gasteiger partial charge < -0.3 is 9.99 Å². The highest BCUT2D eigenvalue weighted by Gasteiger charge is 2.32. The second-order valence-corrected chi connectivity index (χ2v) is 4.73. The lowest BCUT2D eigenvalue weighted by atomic mass is 9.74. The Morgan fingerprint density at radius 2 is 1.63 bits per heavy atom. The average Bonchev–Trinajstić information content (AvgIpc) is 2.39. The van der Waals surface area contributed by atoms with E-state index in [9.17, 15) is 9.59 Å². The molecule has 0 aromatic heterocycles. The van der Waals surface area contributed by atoms with Gasteiger partial charge in [-0.05, 0) is 5.56 Å². The molecule has 0 fully saturated rings. The van der Waals surface area contributed by atoms with E-state index in [2.05, 4.69) is 4.89 Å². The summed E-state index contributed by atoms with van der Waals surface area (Å²) in [6, 6.07) is 9.75. The Labute approximate surface area is 112 Å². The quantitative estimate of drug-likeness (QED) is 0.650. The van der Waals surface area contributed by atoms with E-state index in [1.165, 1.54) is 0 Å². The summed E-state index contributed by atoms with van der Waals surface area (Å²) in [7, 11) is 0. The molecule has 1 aromatic carbocycles. The number of hydrogen-bond acceptors (Lipinski definition) is 4. The molecule has 0 amide bonds. The third-order valence-corrected chi connectivity index (χ3v) is 3.10. The Kier molecular flexibility index (Phi) is 6.79. The number of hydrogen-bond donors (Lipinski definition) is 2. The second-order valence-electron chi connectivity index (χ2n) is 4.73. The molecular formula is C14H20O5. The lowest BCUT2D eigenvalue weighted by Crippen LogP contribution is -2.32. The SMILES string of the molecule is CC(=O)OO.CC(C(=O)O)C(C)(C)c1ccccc1. The molecule has 0 aliphatic heterocycles. The molecule has 0 bridgehead atoms. The van der Waals surface area contributed by atoms with Gasteiger partial charge in [0.25, 0.3) is 0 Å². The third kappa shape index (κ3) is 5.52. The van der Waals surface area contributed by atoms with Crippen molar-refractivity contribution in [1.82, 2.24) is 0 Å². The average molecular weight is 268 g/mol. The van der Waals surface area contributed by atoms with Crippen molar-refractivity contribution in [2.24, 2.45) is 5.92 Å². The maximum atomic E-state index is 10.9. The first-order valence-electron chi connectivity index (χ1n) is 5.83. The Hall–Kier alpha value is -1.88. The fourth-order valence-electron chi connectivity index (χ4n) is 1.43. The van der Waals surface area contributed by atoms with Gasteiger partial charge in [0.05, 0.1) is 5.92 Å². The minimum atomic E-state index is -0.751. The summed E-state index contributed by atoms with van der Waals surface area (Å²) in [4.78, 5) is 23.4. The molecule has 1 atom stereocenters. The first-order chi connectivity index (χ1) is 8.73. The fourth-order valence-corrected chi connectivity index (χ4v) is 1.43. The number of aliphatic carboxylic acids is 1. The van der Waals surface area contributed by atoms with Gasteiger partial charge in [0.1, 0.15) is 0 Å². The highest BCUT2D eigenvalue weighted by Crippen LogP contribution is 2.31. The van der Waals surface area contributed by atoms with E-state index in [0.29, 0.717) is 0 Å². The zero-order valence-corrected chi connectivity index (χ0v) is 11.6. The van der Waals surface area contributed by atoms with Gasteiger partial charge in [0.15, 0.2) is 0 Å². The van der Waals surface area contributed by atoms with Crippen LogP contribution < -0.4 is 0 Å². The van der Waals surface area contributed by atoms with Gasteiger partial charge in [-0.15, -0.1) is 0 Å². The normalized spacial score (nSPS) is 11.8. The van der Waals surface area contributed by atoms with Gasteiger partial charge in [0.2, 0.25) is 0 Å². The molecule has 0 saturated carbocycles. The Morgan fingerprint density at radius 1 is 1.21 bits per heavy atom. The smallest absolute Gasteiger partial charge is 0.339 e. The van der Waals surface area contributed by atoms with E-state index in [1.807, 2.05) is 44.2 Å². The lowest BCUT2D eigenvalue weighted by molar-refractivity contribution is -0.231. The molecule has 1 unspecified atom stereocenters. The monoisotopic (exact) mass is 268 g/mol. The van der Waals surface area contributed by atoms with E-state index < -0.39 is 11.9 Å². The van der Waals surface area contributed by atoms with Crippen LogP contribution in [0, 0.1) is 5.92 Å². The van der Waals surface area contributed by atoms with Crippen molar-refractivity contribution in [1.29, 1.82) is 0 Å². The predicted molar refractivity (Wildman–Crippen MR) is 70.7 cm³/mol. The van der Waals surface area contributed by atoms with E-state index >= 15 is 0 Å². The number of carbonyl (C=O) groups is 2. The second kappa shape index (κ2) is 7.53. The number of benzene rings is 1. The third-order valence-electron chi connectivity index (χ3n) is 3.10. The molecule has 0 heterocycles. The molecule has 5 heteroatoms. The zero-order chi connectivity index (χ0) is 15.1. The molecule has 0 spiro atoms. The fraction of sp³-hybridized carbons (Fsp3) is 0.429. The lowest BCUT2D eigenvalue weighted by Gasteiger charge is -2.29. The number of carbonyl (C=O) groups excluding carboxylic acids is 1. The zero-order valence-electron chi connectivity index (χ0n) is 11.6. The summed E-state index contributed by atoms with van der Waals surface area (Å²) >= 11 is 0. The topological polar surface area (TPSA) is 83.8 Å². The van der Waals surface area contributed by atoms with Gasteiger partial charge in [-0.3, -0.25) is 4.79 Å². The van der Waals surface area contributed by atoms with Crippen LogP contribution in [0.25, 0.3) is 0 Å². The predicted octanol–water partition coefficient (Wildman–Crippen LogP) is 2.71. The Balaban J connectivity index is 0.000000555. The van der Waals surface area contributed by atoms with Crippen molar-refractivity contribution < 1.29 is 24.8 Å². The molecule has 0 aliphatic rings. The van der Waals surface area contributed by atoms with Crippen LogP contribution in [0.4, 0.5) is 0 Å². The highest BCUT2D eigenvalue weighted by molar-refractivity contribution is 5.71. The summed E-state index contributed by atoms with van der Waals surface area (Å²) in [5.41, 5.74) is 0.738. The molecule has 2 N–H and O–H groups in total. The van der Waals surface area contributed by atoms with Crippen LogP contribution in [0.2, 0.25) is 0 Å². The summed E-state index contributed by atoms with van der Waals surface area (Å²) in [5.74, 6) is -1.83. The molecule has 5 nitrogen and oxygen atoms in total. The van der Waals surface area contributed by atoms with Crippen molar-refractivity contribution >= 4 is 11.9 Å². The largest absolute Gasteiger partial charge is 0.481 e. The molecule has 0 radical (unpaired) electrons. The number of carboxylic acids is 1. The summed E-state index contributed by atoms with van der Waals surface area (Å²) in [6.07, 6.45) is 0. The summed E-state index contributed by atoms with van der Waals surface area (Å²) in [5, 5.41) is 16.3. The molecule has 19 heavy (non-hydrogen) atoms. The summed E-state index contributed by atoms with van der Waals surface area (Å²) < 4.78 is 0.